The molecule has 3 amide bonds. The Morgan fingerprint density at radius 3 is 2.39 bits per heavy atom. The second-order valence-electron chi connectivity index (χ2n) is 11.4. The number of piperidine rings is 1. The van der Waals surface area contributed by atoms with Gasteiger partial charge in [-0.15, -0.1) is 0 Å². The van der Waals surface area contributed by atoms with Crippen LogP contribution in [0, 0.1) is 23.7 Å². The molecule has 0 bridgehead atoms. The molecule has 4 atom stereocenters. The number of carbonyl (C=O) groups is 3. The van der Waals surface area contributed by atoms with E-state index in [1.807, 2.05) is 11.8 Å². The topological polar surface area (TPSA) is 79.0 Å². The molecule has 0 radical (unpaired) electrons. The first kappa shape index (κ1) is 25.8. The van der Waals surface area contributed by atoms with Crippen molar-refractivity contribution in [3.63, 3.8) is 0 Å². The third-order valence-electron chi connectivity index (χ3n) is 8.03. The first-order chi connectivity index (χ1) is 15.6. The third-order valence-corrected chi connectivity index (χ3v) is 8.03. The van der Waals surface area contributed by atoms with Crippen molar-refractivity contribution in [3.05, 3.63) is 0 Å². The van der Waals surface area contributed by atoms with Crippen LogP contribution in [0.3, 0.4) is 0 Å². The molecule has 0 aromatic rings. The molecule has 0 aromatic carbocycles. The zero-order valence-corrected chi connectivity index (χ0v) is 21.6. The summed E-state index contributed by atoms with van der Waals surface area (Å²) in [6.07, 6.45) is 5.29. The molecule has 7 heteroatoms. The summed E-state index contributed by atoms with van der Waals surface area (Å²) in [5, 5.41) is 3.01. The highest BCUT2D eigenvalue weighted by Crippen LogP contribution is 2.37. The molecular formula is C26H45N3O4. The Morgan fingerprint density at radius 1 is 1.15 bits per heavy atom. The van der Waals surface area contributed by atoms with Gasteiger partial charge in [-0.05, 0) is 62.2 Å². The van der Waals surface area contributed by atoms with Gasteiger partial charge in [0.1, 0.15) is 17.7 Å². The summed E-state index contributed by atoms with van der Waals surface area (Å²) in [5.74, 6) is 1.75. The van der Waals surface area contributed by atoms with Gasteiger partial charge < -0.3 is 19.9 Å². The standard InChI is InChI=1S/C26H45N3O4/c1-7-12-29-23(30)21(15-17(2)3)27-24(31)26(29)10-13-28(14-11-26)25(32)33-22-16-19(6)8-9-20(22)18(4)5/h17-22H,7-16H2,1-6H3,(H,27,31)/t19-,20+,21?,22-/m0/s1. The Kier molecular flexibility index (Phi) is 8.33. The van der Waals surface area contributed by atoms with Crippen molar-refractivity contribution in [1.29, 1.82) is 0 Å². The molecule has 33 heavy (non-hydrogen) atoms. The molecule has 1 aliphatic carbocycles. The number of hydrogen-bond donors (Lipinski definition) is 1. The average Bonchev–Trinajstić information content (AvgIpc) is 2.75. The number of carbonyl (C=O) groups excluding carboxylic acids is 3. The smallest absolute Gasteiger partial charge is 0.410 e. The maximum absolute atomic E-state index is 13.3. The van der Waals surface area contributed by atoms with Gasteiger partial charge in [0.05, 0.1) is 0 Å². The summed E-state index contributed by atoms with van der Waals surface area (Å²) in [6, 6.07) is -0.445. The van der Waals surface area contributed by atoms with Gasteiger partial charge in [0.15, 0.2) is 0 Å². The second kappa shape index (κ2) is 10.6. The van der Waals surface area contributed by atoms with E-state index in [2.05, 4.69) is 39.9 Å². The predicted molar refractivity (Wildman–Crippen MR) is 129 cm³/mol. The van der Waals surface area contributed by atoms with Crippen molar-refractivity contribution in [1.82, 2.24) is 15.1 Å². The quantitative estimate of drug-likeness (QED) is 0.640. The predicted octanol–water partition coefficient (Wildman–Crippen LogP) is 4.20. The summed E-state index contributed by atoms with van der Waals surface area (Å²) in [7, 11) is 0. The molecule has 0 aromatic heterocycles. The van der Waals surface area contributed by atoms with E-state index < -0.39 is 11.6 Å². The largest absolute Gasteiger partial charge is 0.446 e. The summed E-state index contributed by atoms with van der Waals surface area (Å²) in [5.41, 5.74) is -0.850. The van der Waals surface area contributed by atoms with E-state index >= 15 is 0 Å². The van der Waals surface area contributed by atoms with Crippen molar-refractivity contribution in [2.45, 2.75) is 104 Å². The highest BCUT2D eigenvalue weighted by Gasteiger charge is 2.54. The Hall–Kier alpha value is -1.79. The summed E-state index contributed by atoms with van der Waals surface area (Å²) in [6.45, 7) is 14.3. The van der Waals surface area contributed by atoms with Crippen LogP contribution in [0.25, 0.3) is 0 Å². The number of hydrogen-bond acceptors (Lipinski definition) is 4. The molecule has 188 valence electrons. The second-order valence-corrected chi connectivity index (χ2v) is 11.4. The third kappa shape index (κ3) is 5.48. The highest BCUT2D eigenvalue weighted by atomic mass is 16.6. The molecule has 3 rings (SSSR count). The van der Waals surface area contributed by atoms with Crippen molar-refractivity contribution >= 4 is 17.9 Å². The van der Waals surface area contributed by atoms with E-state index in [1.54, 1.807) is 4.90 Å². The molecule has 7 nitrogen and oxygen atoms in total. The number of piperazine rings is 1. The van der Waals surface area contributed by atoms with E-state index in [-0.39, 0.29) is 24.0 Å². The maximum Gasteiger partial charge on any atom is 0.410 e. The van der Waals surface area contributed by atoms with Crippen LogP contribution < -0.4 is 5.32 Å². The van der Waals surface area contributed by atoms with Crippen LogP contribution >= 0.6 is 0 Å². The lowest BCUT2D eigenvalue weighted by Crippen LogP contribution is -2.73. The van der Waals surface area contributed by atoms with E-state index in [1.165, 1.54) is 6.42 Å². The monoisotopic (exact) mass is 463 g/mol. The summed E-state index contributed by atoms with van der Waals surface area (Å²) < 4.78 is 6.04. The molecule has 2 saturated heterocycles. The first-order valence-corrected chi connectivity index (χ1v) is 13.2. The fraction of sp³-hybridized carbons (Fsp3) is 0.885. The average molecular weight is 464 g/mol. The number of rotatable bonds is 6. The number of nitrogens with one attached hydrogen (secondary N) is 1. The van der Waals surface area contributed by atoms with E-state index in [4.69, 9.17) is 4.74 Å². The maximum atomic E-state index is 13.3. The van der Waals surface area contributed by atoms with Gasteiger partial charge >= 0.3 is 6.09 Å². The first-order valence-electron chi connectivity index (χ1n) is 13.2. The number of ether oxygens (including phenoxy) is 1. The lowest BCUT2D eigenvalue weighted by atomic mass is 9.75. The fourth-order valence-corrected chi connectivity index (χ4v) is 6.07. The molecule has 1 N–H and O–H groups in total. The van der Waals surface area contributed by atoms with E-state index in [0.717, 1.165) is 19.3 Å². The minimum absolute atomic E-state index is 0.0251. The van der Waals surface area contributed by atoms with Crippen LogP contribution in [-0.2, 0) is 14.3 Å². The van der Waals surface area contributed by atoms with Crippen LogP contribution in [-0.4, -0.2) is 65.0 Å². The zero-order chi connectivity index (χ0) is 24.3. The van der Waals surface area contributed by atoms with Crippen LogP contribution in [0.1, 0.15) is 86.5 Å². The molecule has 1 saturated carbocycles. The molecule has 1 unspecified atom stereocenters. The number of nitrogens with zero attached hydrogens (tertiary/aromatic N) is 2. The van der Waals surface area contributed by atoms with Crippen LogP contribution in [0.5, 0.6) is 0 Å². The summed E-state index contributed by atoms with van der Waals surface area (Å²) in [4.78, 5) is 43.2. The lowest BCUT2D eigenvalue weighted by Gasteiger charge is -2.51. The molecule has 3 fully saturated rings. The molecule has 3 aliphatic rings. The van der Waals surface area contributed by atoms with E-state index in [0.29, 0.717) is 62.6 Å². The minimum atomic E-state index is -0.850. The van der Waals surface area contributed by atoms with Crippen LogP contribution in [0.2, 0.25) is 0 Å². The van der Waals surface area contributed by atoms with Gasteiger partial charge in [0.2, 0.25) is 11.8 Å². The van der Waals surface area contributed by atoms with Crippen molar-refractivity contribution in [2.24, 2.45) is 23.7 Å². The SMILES string of the molecule is CCCN1C(=O)C(CC(C)C)NC(=O)C12CCN(C(=O)O[C@H]1C[C@@H](C)CC[C@@H]1C(C)C)CC2. The van der Waals surface area contributed by atoms with Gasteiger partial charge in [0.25, 0.3) is 0 Å². The van der Waals surface area contributed by atoms with Crippen LogP contribution in [0.4, 0.5) is 4.79 Å². The zero-order valence-electron chi connectivity index (χ0n) is 21.6. The van der Waals surface area contributed by atoms with Crippen LogP contribution in [0.15, 0.2) is 0 Å². The van der Waals surface area contributed by atoms with Crippen molar-refractivity contribution in [3.8, 4) is 0 Å². The lowest BCUT2D eigenvalue weighted by molar-refractivity contribution is -0.161. The van der Waals surface area contributed by atoms with Gasteiger partial charge in [0, 0.05) is 19.6 Å². The van der Waals surface area contributed by atoms with E-state index in [9.17, 15) is 14.4 Å². The normalized spacial score (nSPS) is 30.2. The minimum Gasteiger partial charge on any atom is -0.446 e. The highest BCUT2D eigenvalue weighted by molar-refractivity contribution is 6.00. The van der Waals surface area contributed by atoms with Crippen molar-refractivity contribution < 1.29 is 19.1 Å². The van der Waals surface area contributed by atoms with Crippen molar-refractivity contribution in [2.75, 3.05) is 19.6 Å². The molecule has 2 aliphatic heterocycles. The Balaban J connectivity index is 1.67. The molecule has 2 heterocycles. The Bertz CT molecular complexity index is 714. The van der Waals surface area contributed by atoms with Gasteiger partial charge in [-0.3, -0.25) is 9.59 Å². The Labute approximate surface area is 200 Å². The fourth-order valence-electron chi connectivity index (χ4n) is 6.07. The van der Waals surface area contributed by atoms with Gasteiger partial charge in [-0.2, -0.15) is 0 Å². The van der Waals surface area contributed by atoms with Gasteiger partial charge in [-0.1, -0.05) is 48.0 Å². The van der Waals surface area contributed by atoms with Gasteiger partial charge in [-0.25, -0.2) is 4.79 Å². The summed E-state index contributed by atoms with van der Waals surface area (Å²) >= 11 is 0. The Morgan fingerprint density at radius 2 is 1.82 bits per heavy atom. The number of amides is 3. The molecule has 1 spiro atoms. The number of likely N-dealkylation sites (tertiary alicyclic amines) is 1. The molecular weight excluding hydrogens is 418 g/mol.